The summed E-state index contributed by atoms with van der Waals surface area (Å²) in [5.74, 6) is -0.184. The summed E-state index contributed by atoms with van der Waals surface area (Å²) in [5.41, 5.74) is 4.61. The number of nitriles is 1. The first-order chi connectivity index (χ1) is 16.7. The Bertz CT molecular complexity index is 1180. The van der Waals surface area contributed by atoms with Crippen molar-refractivity contribution in [2.45, 2.75) is 63.6 Å². The van der Waals surface area contributed by atoms with Crippen molar-refractivity contribution in [1.82, 2.24) is 19.7 Å². The van der Waals surface area contributed by atoms with Crippen LogP contribution >= 0.6 is 7.75 Å². The Kier molecular flexibility index (Phi) is 7.15. The topological polar surface area (TPSA) is 183 Å². The van der Waals surface area contributed by atoms with Gasteiger partial charge in [-0.15, -0.1) is 0 Å². The molecule has 6 atom stereocenters. The first-order valence-electron chi connectivity index (χ1n) is 11.4. The largest absolute Gasteiger partial charge is 0.464 e. The molecule has 2 saturated heterocycles. The lowest BCUT2D eigenvalue weighted by atomic mass is 9.92. The van der Waals surface area contributed by atoms with Crippen molar-refractivity contribution in [3.8, 4) is 6.07 Å². The molecule has 0 amide bonds. The predicted molar refractivity (Wildman–Crippen MR) is 122 cm³/mol. The number of hydrogen-bond donors (Lipinski definition) is 3. The average Bonchev–Trinajstić information content (AvgIpc) is 3.40. The van der Waals surface area contributed by atoms with Gasteiger partial charge in [-0.05, 0) is 25.0 Å². The molecule has 14 heteroatoms. The fourth-order valence-corrected chi connectivity index (χ4v) is 5.92. The van der Waals surface area contributed by atoms with Crippen LogP contribution in [0.2, 0.25) is 0 Å². The molecule has 0 saturated carbocycles. The monoisotopic (exact) mass is 508 g/mol. The van der Waals surface area contributed by atoms with E-state index in [1.807, 2.05) is 19.9 Å². The number of hydrogen-bond acceptors (Lipinski definition) is 11. The van der Waals surface area contributed by atoms with E-state index in [9.17, 15) is 19.7 Å². The number of aromatic nitrogens is 3. The summed E-state index contributed by atoms with van der Waals surface area (Å²) < 4.78 is 36.9. The van der Waals surface area contributed by atoms with E-state index in [1.165, 1.54) is 17.8 Å². The third-order valence-electron chi connectivity index (χ3n) is 6.45. The second kappa shape index (κ2) is 9.81. The predicted octanol–water partition coefficient (Wildman–Crippen LogP) is 1.27. The van der Waals surface area contributed by atoms with E-state index in [4.69, 9.17) is 24.3 Å². The molecule has 0 aromatic carbocycles. The van der Waals surface area contributed by atoms with Gasteiger partial charge in [-0.1, -0.05) is 26.7 Å². The van der Waals surface area contributed by atoms with Gasteiger partial charge < -0.3 is 20.3 Å². The van der Waals surface area contributed by atoms with Crippen LogP contribution in [-0.4, -0.2) is 63.2 Å². The van der Waals surface area contributed by atoms with Crippen LogP contribution in [0.3, 0.4) is 0 Å². The number of nitrogens with one attached hydrogen (secondary N) is 1. The molecule has 2 aliphatic rings. The summed E-state index contributed by atoms with van der Waals surface area (Å²) in [4.78, 5) is 16.3. The highest BCUT2D eigenvalue weighted by Crippen LogP contribution is 2.55. The van der Waals surface area contributed by atoms with Crippen molar-refractivity contribution in [1.29, 1.82) is 5.26 Å². The van der Waals surface area contributed by atoms with Crippen molar-refractivity contribution in [2.75, 3.05) is 18.9 Å². The summed E-state index contributed by atoms with van der Waals surface area (Å²) in [6, 6.07) is 4.15. The Morgan fingerprint density at radius 2 is 2.23 bits per heavy atom. The molecule has 2 fully saturated rings. The Morgan fingerprint density at radius 1 is 1.49 bits per heavy atom. The first-order valence-corrected chi connectivity index (χ1v) is 13.0. The van der Waals surface area contributed by atoms with Crippen molar-refractivity contribution in [3.63, 3.8) is 0 Å². The number of fused-ring (bicyclic) bond motifs is 2. The number of anilines is 1. The van der Waals surface area contributed by atoms with Gasteiger partial charge in [-0.2, -0.15) is 10.4 Å². The van der Waals surface area contributed by atoms with Crippen molar-refractivity contribution < 1.29 is 33.0 Å². The van der Waals surface area contributed by atoms with Crippen molar-refractivity contribution in [3.05, 3.63) is 24.2 Å². The highest BCUT2D eigenvalue weighted by Gasteiger charge is 2.62. The van der Waals surface area contributed by atoms with E-state index < -0.39 is 43.7 Å². The molecule has 2 aromatic heterocycles. The summed E-state index contributed by atoms with van der Waals surface area (Å²) in [6.07, 6.45) is -0.689. The van der Waals surface area contributed by atoms with E-state index in [-0.39, 0.29) is 30.6 Å². The fourth-order valence-electron chi connectivity index (χ4n) is 4.23. The molecule has 2 aliphatic heterocycles. The summed E-state index contributed by atoms with van der Waals surface area (Å²) in [7, 11) is -4.04. The van der Waals surface area contributed by atoms with E-state index >= 15 is 0 Å². The number of ether oxygens (including phenoxy) is 2. The van der Waals surface area contributed by atoms with E-state index in [0.717, 1.165) is 12.8 Å². The molecule has 4 rings (SSSR count). The zero-order chi connectivity index (χ0) is 25.4. The van der Waals surface area contributed by atoms with Gasteiger partial charge in [0.05, 0.1) is 18.9 Å². The van der Waals surface area contributed by atoms with E-state index in [0.29, 0.717) is 5.52 Å². The number of carbonyl (C=O) groups excluding carboxylic acids is 1. The lowest BCUT2D eigenvalue weighted by Gasteiger charge is -2.32. The van der Waals surface area contributed by atoms with Crippen molar-refractivity contribution >= 4 is 25.1 Å². The highest BCUT2D eigenvalue weighted by molar-refractivity contribution is 7.51. The normalized spacial score (nSPS) is 31.3. The maximum Gasteiger partial charge on any atom is 0.406 e. The van der Waals surface area contributed by atoms with Crippen LogP contribution in [0.15, 0.2) is 18.5 Å². The van der Waals surface area contributed by atoms with Crippen LogP contribution in [0, 0.1) is 17.2 Å². The van der Waals surface area contributed by atoms with Crippen LogP contribution < -0.4 is 10.8 Å². The van der Waals surface area contributed by atoms with Gasteiger partial charge in [0.2, 0.25) is 5.60 Å². The molecule has 4 heterocycles. The molecule has 4 N–H and O–H groups in total. The number of esters is 1. The molecule has 0 radical (unpaired) electrons. The van der Waals surface area contributed by atoms with E-state index in [2.05, 4.69) is 15.2 Å². The van der Waals surface area contributed by atoms with Gasteiger partial charge in [-0.25, -0.2) is 19.2 Å². The standard InChI is InChI=1S/C21H29N6O7P/c1-4-13(5-2)8-31-20(29)12(3)26-35(30)32-9-15-17(34-35)18(28)21(10-22,33-15)16-7-6-14-19(23)24-11-25-27(14)16/h6-7,11-13,15,17-18,28H,4-5,8-9H2,1-3H3,(H,26,30)(H2,23,24,25)/t12-,15+,17+,18+,21-,35+/m0/s1. The van der Waals surface area contributed by atoms with Crippen LogP contribution in [0.5, 0.6) is 0 Å². The molecule has 35 heavy (non-hydrogen) atoms. The second-order valence-corrected chi connectivity index (χ2v) is 10.4. The smallest absolute Gasteiger partial charge is 0.406 e. The number of nitrogens with two attached hydrogens (primary N) is 1. The average molecular weight is 508 g/mol. The minimum Gasteiger partial charge on any atom is -0.464 e. The minimum atomic E-state index is -4.04. The molecule has 0 bridgehead atoms. The quantitative estimate of drug-likeness (QED) is 0.343. The maximum absolute atomic E-state index is 13.3. The number of rotatable bonds is 8. The Hall–Kier alpha value is -2.59. The molecule has 13 nitrogen and oxygen atoms in total. The highest BCUT2D eigenvalue weighted by atomic mass is 31.2. The zero-order valence-corrected chi connectivity index (χ0v) is 20.6. The van der Waals surface area contributed by atoms with Gasteiger partial charge in [0, 0.05) is 0 Å². The number of aliphatic hydroxyl groups is 1. The summed E-state index contributed by atoms with van der Waals surface area (Å²) in [5, 5.41) is 27.9. The number of nitrogen functional groups attached to an aromatic ring is 1. The molecule has 190 valence electrons. The molecular formula is C21H29N6O7P. The molecule has 0 aliphatic carbocycles. The SMILES string of the molecule is CCC(CC)COC(=O)[C@H](C)N[P@@]1(=O)OC[C@H]2O[C@@](C#N)(c3ccc4c(N)ncnn34)[C@H](O)[C@@H]2O1. The second-order valence-electron chi connectivity index (χ2n) is 8.64. The zero-order valence-electron chi connectivity index (χ0n) is 19.7. The number of aliphatic hydroxyl groups excluding tert-OH is 1. The molecule has 0 unspecified atom stereocenters. The summed E-state index contributed by atoms with van der Waals surface area (Å²) in [6.45, 7) is 5.51. The first kappa shape index (κ1) is 25.5. The van der Waals surface area contributed by atoms with Gasteiger partial charge in [0.15, 0.2) is 5.82 Å². The van der Waals surface area contributed by atoms with Crippen molar-refractivity contribution in [2.24, 2.45) is 5.92 Å². The Morgan fingerprint density at radius 3 is 2.91 bits per heavy atom. The van der Waals surface area contributed by atoms with Gasteiger partial charge in [-0.3, -0.25) is 13.8 Å². The third kappa shape index (κ3) is 4.53. The third-order valence-corrected chi connectivity index (χ3v) is 8.16. The number of nitrogens with zero attached hydrogens (tertiary/aromatic N) is 4. The van der Waals surface area contributed by atoms with Crippen LogP contribution in [0.25, 0.3) is 5.52 Å². The lowest BCUT2D eigenvalue weighted by molar-refractivity contribution is -0.147. The van der Waals surface area contributed by atoms with Gasteiger partial charge in [0.25, 0.3) is 0 Å². The summed E-state index contributed by atoms with van der Waals surface area (Å²) >= 11 is 0. The Labute approximate surface area is 202 Å². The lowest BCUT2D eigenvalue weighted by Crippen LogP contribution is -2.45. The van der Waals surface area contributed by atoms with Gasteiger partial charge >= 0.3 is 13.7 Å². The van der Waals surface area contributed by atoms with Crippen LogP contribution in [-0.2, 0) is 33.5 Å². The fraction of sp³-hybridized carbons (Fsp3) is 0.619. The number of carbonyl (C=O) groups is 1. The molecular weight excluding hydrogens is 479 g/mol. The van der Waals surface area contributed by atoms with Crippen LogP contribution in [0.1, 0.15) is 39.3 Å². The van der Waals surface area contributed by atoms with Crippen LogP contribution in [0.4, 0.5) is 5.82 Å². The Balaban J connectivity index is 1.50. The minimum absolute atomic E-state index is 0.183. The maximum atomic E-state index is 13.3. The molecule has 2 aromatic rings. The van der Waals surface area contributed by atoms with E-state index in [1.54, 1.807) is 12.1 Å². The molecule has 0 spiro atoms. The van der Waals surface area contributed by atoms with Gasteiger partial charge in [0.1, 0.15) is 42.3 Å².